The Morgan fingerprint density at radius 2 is 1.80 bits per heavy atom. The van der Waals surface area contributed by atoms with Crippen molar-refractivity contribution >= 4 is 5.78 Å². The Bertz CT molecular complexity index is 757. The highest BCUT2D eigenvalue weighted by Gasteiger charge is 2.43. The molecule has 130 valence electrons. The Hall–Kier alpha value is -2.00. The SMILES string of the molecule is Cc1cnc(C(=O)C2CC3CCC(C2)N3Cc2ccccc2)c(C)c1. The maximum atomic E-state index is 13.0. The lowest BCUT2D eigenvalue weighted by Crippen LogP contribution is -2.44. The smallest absolute Gasteiger partial charge is 0.184 e. The van der Waals surface area contributed by atoms with E-state index in [1.165, 1.54) is 18.4 Å². The molecule has 2 saturated heterocycles. The summed E-state index contributed by atoms with van der Waals surface area (Å²) in [6, 6.07) is 13.8. The number of Topliss-reactive ketones (excluding diaryl/α,β-unsaturated/α-hetero) is 1. The van der Waals surface area contributed by atoms with E-state index in [9.17, 15) is 4.79 Å². The van der Waals surface area contributed by atoms with Gasteiger partial charge in [-0.15, -0.1) is 0 Å². The van der Waals surface area contributed by atoms with Crippen molar-refractivity contribution in [3.63, 3.8) is 0 Å². The summed E-state index contributed by atoms with van der Waals surface area (Å²) >= 11 is 0. The van der Waals surface area contributed by atoms with Gasteiger partial charge in [0.25, 0.3) is 0 Å². The van der Waals surface area contributed by atoms with E-state index in [0.717, 1.165) is 30.5 Å². The summed E-state index contributed by atoms with van der Waals surface area (Å²) in [6.45, 7) is 5.04. The third-order valence-electron chi connectivity index (χ3n) is 5.91. The van der Waals surface area contributed by atoms with Gasteiger partial charge in [0.05, 0.1) is 0 Å². The predicted molar refractivity (Wildman–Crippen MR) is 99.6 cm³/mol. The Morgan fingerprint density at radius 1 is 1.12 bits per heavy atom. The van der Waals surface area contributed by atoms with E-state index in [2.05, 4.69) is 46.3 Å². The largest absolute Gasteiger partial charge is 0.293 e. The molecule has 3 heteroatoms. The van der Waals surface area contributed by atoms with Gasteiger partial charge in [-0.25, -0.2) is 0 Å². The molecule has 0 aliphatic carbocycles. The second-order valence-corrected chi connectivity index (χ2v) is 7.75. The summed E-state index contributed by atoms with van der Waals surface area (Å²) in [7, 11) is 0. The van der Waals surface area contributed by atoms with Crippen LogP contribution in [-0.2, 0) is 6.54 Å². The molecule has 2 atom stereocenters. The van der Waals surface area contributed by atoms with Gasteiger partial charge in [0, 0.05) is 30.7 Å². The number of aryl methyl sites for hydroxylation is 2. The fourth-order valence-corrected chi connectivity index (χ4v) is 4.71. The zero-order chi connectivity index (χ0) is 17.4. The number of hydrogen-bond acceptors (Lipinski definition) is 3. The Balaban J connectivity index is 1.48. The van der Waals surface area contributed by atoms with Gasteiger partial charge in [-0.1, -0.05) is 36.4 Å². The molecule has 2 bridgehead atoms. The van der Waals surface area contributed by atoms with Crippen molar-refractivity contribution in [1.82, 2.24) is 9.88 Å². The summed E-state index contributed by atoms with van der Waals surface area (Å²) in [6.07, 6.45) is 6.23. The van der Waals surface area contributed by atoms with Crippen LogP contribution in [0.25, 0.3) is 0 Å². The normalized spacial score (nSPS) is 25.9. The zero-order valence-electron chi connectivity index (χ0n) is 15.1. The molecule has 3 heterocycles. The highest BCUT2D eigenvalue weighted by molar-refractivity contribution is 5.97. The van der Waals surface area contributed by atoms with E-state index < -0.39 is 0 Å². The average molecular weight is 334 g/mol. The summed E-state index contributed by atoms with van der Waals surface area (Å²) in [5.41, 5.74) is 4.20. The molecule has 0 spiro atoms. The van der Waals surface area contributed by atoms with E-state index in [-0.39, 0.29) is 11.7 Å². The standard InChI is InChI=1S/C22H26N2O/c1-15-10-16(2)21(23-13-15)22(25)18-11-19-8-9-20(12-18)24(19)14-17-6-4-3-5-7-17/h3-7,10,13,18-20H,8-9,11-12,14H2,1-2H3. The number of fused-ring (bicyclic) bond motifs is 2. The minimum absolute atomic E-state index is 0.137. The summed E-state index contributed by atoms with van der Waals surface area (Å²) in [5, 5.41) is 0. The number of piperidine rings is 1. The lowest BCUT2D eigenvalue weighted by atomic mass is 9.85. The summed E-state index contributed by atoms with van der Waals surface area (Å²) in [4.78, 5) is 20.1. The number of ketones is 1. The van der Waals surface area contributed by atoms with Crippen molar-refractivity contribution in [2.24, 2.45) is 5.92 Å². The van der Waals surface area contributed by atoms with Gasteiger partial charge in [0.2, 0.25) is 0 Å². The van der Waals surface area contributed by atoms with Gasteiger partial charge in [0.1, 0.15) is 5.69 Å². The molecular formula is C22H26N2O. The number of carbonyl (C=O) groups excluding carboxylic acids is 1. The third kappa shape index (κ3) is 3.25. The minimum Gasteiger partial charge on any atom is -0.293 e. The van der Waals surface area contributed by atoms with E-state index >= 15 is 0 Å². The number of pyridine rings is 1. The highest BCUT2D eigenvalue weighted by atomic mass is 16.1. The van der Waals surface area contributed by atoms with Crippen LogP contribution in [-0.4, -0.2) is 27.8 Å². The fraction of sp³-hybridized carbons (Fsp3) is 0.455. The number of rotatable bonds is 4. The molecule has 1 aromatic heterocycles. The minimum atomic E-state index is 0.137. The second-order valence-electron chi connectivity index (χ2n) is 7.75. The zero-order valence-corrected chi connectivity index (χ0v) is 15.1. The Labute approximate surface area is 150 Å². The first-order valence-corrected chi connectivity index (χ1v) is 9.39. The van der Waals surface area contributed by atoms with Crippen LogP contribution in [0.4, 0.5) is 0 Å². The van der Waals surface area contributed by atoms with Crippen molar-refractivity contribution in [1.29, 1.82) is 0 Å². The van der Waals surface area contributed by atoms with Crippen molar-refractivity contribution in [2.45, 2.75) is 58.2 Å². The Morgan fingerprint density at radius 3 is 2.44 bits per heavy atom. The van der Waals surface area contributed by atoms with Crippen LogP contribution < -0.4 is 0 Å². The van der Waals surface area contributed by atoms with E-state index in [4.69, 9.17) is 0 Å². The summed E-state index contributed by atoms with van der Waals surface area (Å²) in [5.74, 6) is 0.396. The second kappa shape index (κ2) is 6.72. The molecule has 0 saturated carbocycles. The average Bonchev–Trinajstić information content (AvgIpc) is 2.83. The lowest BCUT2D eigenvalue weighted by Gasteiger charge is -2.38. The molecule has 2 aliphatic rings. The maximum absolute atomic E-state index is 13.0. The molecule has 4 rings (SSSR count). The quantitative estimate of drug-likeness (QED) is 0.781. The van der Waals surface area contributed by atoms with E-state index in [0.29, 0.717) is 17.8 Å². The van der Waals surface area contributed by atoms with Gasteiger partial charge in [-0.2, -0.15) is 0 Å². The topological polar surface area (TPSA) is 33.2 Å². The van der Waals surface area contributed by atoms with Crippen LogP contribution in [0.1, 0.15) is 52.9 Å². The Kier molecular flexibility index (Phi) is 4.43. The first-order chi connectivity index (χ1) is 12.1. The van der Waals surface area contributed by atoms with Gasteiger partial charge in [-0.05, 0) is 56.2 Å². The van der Waals surface area contributed by atoms with Crippen LogP contribution in [0.3, 0.4) is 0 Å². The molecule has 2 unspecified atom stereocenters. The molecular weight excluding hydrogens is 308 g/mol. The number of hydrogen-bond donors (Lipinski definition) is 0. The third-order valence-corrected chi connectivity index (χ3v) is 5.91. The van der Waals surface area contributed by atoms with Crippen molar-refractivity contribution < 1.29 is 4.79 Å². The number of carbonyl (C=O) groups is 1. The van der Waals surface area contributed by atoms with Crippen LogP contribution >= 0.6 is 0 Å². The first-order valence-electron chi connectivity index (χ1n) is 9.39. The fourth-order valence-electron chi connectivity index (χ4n) is 4.71. The first kappa shape index (κ1) is 16.5. The molecule has 2 aliphatic heterocycles. The van der Waals surface area contributed by atoms with Gasteiger partial charge in [0.15, 0.2) is 5.78 Å². The van der Waals surface area contributed by atoms with Gasteiger partial charge in [-0.3, -0.25) is 14.7 Å². The molecule has 0 radical (unpaired) electrons. The molecule has 2 fully saturated rings. The maximum Gasteiger partial charge on any atom is 0.184 e. The van der Waals surface area contributed by atoms with Gasteiger partial charge >= 0.3 is 0 Å². The highest BCUT2D eigenvalue weighted by Crippen LogP contribution is 2.40. The van der Waals surface area contributed by atoms with Gasteiger partial charge < -0.3 is 0 Å². The summed E-state index contributed by atoms with van der Waals surface area (Å²) < 4.78 is 0. The predicted octanol–water partition coefficient (Wildman–Crippen LogP) is 4.32. The number of benzene rings is 1. The van der Waals surface area contributed by atoms with Crippen LogP contribution in [0.2, 0.25) is 0 Å². The van der Waals surface area contributed by atoms with Crippen LogP contribution in [0.15, 0.2) is 42.6 Å². The molecule has 0 amide bonds. The molecule has 25 heavy (non-hydrogen) atoms. The molecule has 1 aromatic carbocycles. The monoisotopic (exact) mass is 334 g/mol. The van der Waals surface area contributed by atoms with Crippen molar-refractivity contribution in [3.05, 3.63) is 65.0 Å². The van der Waals surface area contributed by atoms with Crippen LogP contribution in [0.5, 0.6) is 0 Å². The van der Waals surface area contributed by atoms with Crippen molar-refractivity contribution in [2.75, 3.05) is 0 Å². The van der Waals surface area contributed by atoms with E-state index in [1.807, 2.05) is 20.0 Å². The molecule has 3 nitrogen and oxygen atoms in total. The molecule has 2 aromatic rings. The van der Waals surface area contributed by atoms with Crippen LogP contribution in [0, 0.1) is 19.8 Å². The van der Waals surface area contributed by atoms with Crippen molar-refractivity contribution in [3.8, 4) is 0 Å². The lowest BCUT2D eigenvalue weighted by molar-refractivity contribution is 0.0673. The number of aromatic nitrogens is 1. The molecule has 0 N–H and O–H groups in total. The number of nitrogens with zero attached hydrogens (tertiary/aromatic N) is 2. The van der Waals surface area contributed by atoms with E-state index in [1.54, 1.807) is 0 Å².